The van der Waals surface area contributed by atoms with Gasteiger partial charge in [0.1, 0.15) is 0 Å². The molecule has 2 aliphatic heterocycles. The maximum absolute atomic E-state index is 12.6. The predicted molar refractivity (Wildman–Crippen MR) is 100 cm³/mol. The molecular weight excluding hydrogens is 346 g/mol. The number of piperazine rings is 1. The van der Waals surface area contributed by atoms with Gasteiger partial charge in [0.25, 0.3) is 11.8 Å². The second kappa shape index (κ2) is 7.28. The molecule has 0 bridgehead atoms. The molecule has 7 heteroatoms. The first-order valence-electron chi connectivity index (χ1n) is 8.93. The molecule has 2 heterocycles. The Labute approximate surface area is 157 Å². The van der Waals surface area contributed by atoms with E-state index in [1.165, 1.54) is 0 Å². The number of carbonyl (C=O) groups is 2. The Morgan fingerprint density at radius 1 is 1.00 bits per heavy atom. The summed E-state index contributed by atoms with van der Waals surface area (Å²) < 4.78 is 10.6. The van der Waals surface area contributed by atoms with Gasteiger partial charge in [-0.25, -0.2) is 0 Å². The molecule has 2 aromatic carbocycles. The molecule has 7 nitrogen and oxygen atoms in total. The van der Waals surface area contributed by atoms with E-state index in [9.17, 15) is 9.59 Å². The van der Waals surface area contributed by atoms with Crippen molar-refractivity contribution in [2.75, 3.05) is 38.3 Å². The SMILES string of the molecule is Cc1cc(C(=O)N2CCNCC2)ccc1NC(=O)c1ccc2c(c1)OCO2. The molecule has 2 aromatic rings. The molecule has 140 valence electrons. The van der Waals surface area contributed by atoms with E-state index < -0.39 is 0 Å². The van der Waals surface area contributed by atoms with Gasteiger partial charge >= 0.3 is 0 Å². The largest absolute Gasteiger partial charge is 0.454 e. The summed E-state index contributed by atoms with van der Waals surface area (Å²) in [5.41, 5.74) is 2.63. The van der Waals surface area contributed by atoms with Gasteiger partial charge in [0.05, 0.1) is 0 Å². The normalized spacial score (nSPS) is 15.5. The molecule has 0 saturated carbocycles. The van der Waals surface area contributed by atoms with Gasteiger partial charge in [0.2, 0.25) is 6.79 Å². The van der Waals surface area contributed by atoms with Crippen LogP contribution < -0.4 is 20.1 Å². The average molecular weight is 367 g/mol. The van der Waals surface area contributed by atoms with Crippen LogP contribution in [0.25, 0.3) is 0 Å². The highest BCUT2D eigenvalue weighted by molar-refractivity contribution is 6.05. The third-order valence-electron chi connectivity index (χ3n) is 4.76. The number of hydrogen-bond acceptors (Lipinski definition) is 5. The summed E-state index contributed by atoms with van der Waals surface area (Å²) in [4.78, 5) is 27.0. The summed E-state index contributed by atoms with van der Waals surface area (Å²) in [5, 5.41) is 6.13. The zero-order valence-electron chi connectivity index (χ0n) is 15.1. The van der Waals surface area contributed by atoms with Crippen molar-refractivity contribution in [3.05, 3.63) is 53.1 Å². The first kappa shape index (κ1) is 17.4. The summed E-state index contributed by atoms with van der Waals surface area (Å²) in [7, 11) is 0. The van der Waals surface area contributed by atoms with E-state index in [1.54, 1.807) is 30.3 Å². The first-order valence-corrected chi connectivity index (χ1v) is 8.93. The third kappa shape index (κ3) is 3.59. The number of nitrogens with one attached hydrogen (secondary N) is 2. The molecule has 1 fully saturated rings. The predicted octanol–water partition coefficient (Wildman–Crippen LogP) is 2.02. The molecule has 0 atom stereocenters. The maximum atomic E-state index is 12.6. The summed E-state index contributed by atoms with van der Waals surface area (Å²) in [6, 6.07) is 10.4. The van der Waals surface area contributed by atoms with Crippen LogP contribution in [0, 0.1) is 6.92 Å². The van der Waals surface area contributed by atoms with Crippen LogP contribution in [0.15, 0.2) is 36.4 Å². The van der Waals surface area contributed by atoms with Crippen molar-refractivity contribution in [1.29, 1.82) is 0 Å². The Bertz CT molecular complexity index is 891. The highest BCUT2D eigenvalue weighted by Crippen LogP contribution is 2.32. The number of hydrogen-bond donors (Lipinski definition) is 2. The minimum absolute atomic E-state index is 0.0215. The number of ether oxygens (including phenoxy) is 2. The van der Waals surface area contributed by atoms with Crippen LogP contribution >= 0.6 is 0 Å². The number of nitrogens with zero attached hydrogens (tertiary/aromatic N) is 1. The van der Waals surface area contributed by atoms with Crippen molar-refractivity contribution in [3.63, 3.8) is 0 Å². The molecule has 0 unspecified atom stereocenters. The molecule has 0 aromatic heterocycles. The van der Waals surface area contributed by atoms with Crippen LogP contribution in [0.1, 0.15) is 26.3 Å². The fraction of sp³-hybridized carbons (Fsp3) is 0.300. The van der Waals surface area contributed by atoms with Crippen molar-refractivity contribution in [3.8, 4) is 11.5 Å². The van der Waals surface area contributed by atoms with Gasteiger partial charge in [0, 0.05) is 43.0 Å². The van der Waals surface area contributed by atoms with Crippen LogP contribution in [0.3, 0.4) is 0 Å². The Hall–Kier alpha value is -3.06. The van der Waals surface area contributed by atoms with E-state index in [4.69, 9.17) is 9.47 Å². The number of amides is 2. The standard InChI is InChI=1S/C20H21N3O4/c1-13-10-15(20(25)23-8-6-21-7-9-23)2-4-16(13)22-19(24)14-3-5-17-18(11-14)27-12-26-17/h2-5,10-11,21H,6-9,12H2,1H3,(H,22,24). The minimum Gasteiger partial charge on any atom is -0.454 e. The Kier molecular flexibility index (Phi) is 4.68. The lowest BCUT2D eigenvalue weighted by atomic mass is 10.1. The molecule has 4 rings (SSSR count). The van der Waals surface area contributed by atoms with Gasteiger partial charge in [-0.1, -0.05) is 0 Å². The quantitative estimate of drug-likeness (QED) is 0.868. The van der Waals surface area contributed by atoms with Crippen molar-refractivity contribution < 1.29 is 19.1 Å². The summed E-state index contributed by atoms with van der Waals surface area (Å²) in [6.07, 6.45) is 0. The number of carbonyl (C=O) groups excluding carboxylic acids is 2. The van der Waals surface area contributed by atoms with Crippen LogP contribution in [0.4, 0.5) is 5.69 Å². The molecule has 2 N–H and O–H groups in total. The van der Waals surface area contributed by atoms with Gasteiger partial charge in [-0.3, -0.25) is 9.59 Å². The van der Waals surface area contributed by atoms with Crippen molar-refractivity contribution in [1.82, 2.24) is 10.2 Å². The van der Waals surface area contributed by atoms with Crippen LogP contribution in [-0.4, -0.2) is 49.7 Å². The topological polar surface area (TPSA) is 79.9 Å². The number of fused-ring (bicyclic) bond motifs is 1. The lowest BCUT2D eigenvalue weighted by Crippen LogP contribution is -2.46. The number of aryl methyl sites for hydroxylation is 1. The van der Waals surface area contributed by atoms with Gasteiger partial charge in [-0.15, -0.1) is 0 Å². The van der Waals surface area contributed by atoms with E-state index in [1.807, 2.05) is 17.9 Å². The molecule has 0 spiro atoms. The number of rotatable bonds is 3. The van der Waals surface area contributed by atoms with E-state index in [-0.39, 0.29) is 18.6 Å². The summed E-state index contributed by atoms with van der Waals surface area (Å²) in [6.45, 7) is 5.09. The van der Waals surface area contributed by atoms with E-state index in [0.29, 0.717) is 41.4 Å². The monoisotopic (exact) mass is 367 g/mol. The van der Waals surface area contributed by atoms with Crippen molar-refractivity contribution in [2.45, 2.75) is 6.92 Å². The second-order valence-corrected chi connectivity index (χ2v) is 6.59. The van der Waals surface area contributed by atoms with Crippen molar-refractivity contribution in [2.24, 2.45) is 0 Å². The van der Waals surface area contributed by atoms with E-state index in [2.05, 4.69) is 10.6 Å². The Morgan fingerprint density at radius 3 is 2.52 bits per heavy atom. The molecule has 1 saturated heterocycles. The van der Waals surface area contributed by atoms with Crippen LogP contribution in [-0.2, 0) is 0 Å². The van der Waals surface area contributed by atoms with E-state index in [0.717, 1.165) is 18.7 Å². The summed E-state index contributed by atoms with van der Waals surface area (Å²) >= 11 is 0. The molecule has 2 amide bonds. The molecule has 2 aliphatic rings. The molecular formula is C20H21N3O4. The number of anilines is 1. The van der Waals surface area contributed by atoms with E-state index >= 15 is 0 Å². The Morgan fingerprint density at radius 2 is 1.74 bits per heavy atom. The fourth-order valence-electron chi connectivity index (χ4n) is 3.22. The highest BCUT2D eigenvalue weighted by Gasteiger charge is 2.19. The molecule has 0 radical (unpaired) electrons. The lowest BCUT2D eigenvalue weighted by Gasteiger charge is -2.27. The Balaban J connectivity index is 1.47. The molecule has 0 aliphatic carbocycles. The molecule has 27 heavy (non-hydrogen) atoms. The maximum Gasteiger partial charge on any atom is 0.255 e. The van der Waals surface area contributed by atoms with Gasteiger partial charge < -0.3 is 25.0 Å². The summed E-state index contributed by atoms with van der Waals surface area (Å²) in [5.74, 6) is 0.987. The van der Waals surface area contributed by atoms with Crippen LogP contribution in [0.5, 0.6) is 11.5 Å². The zero-order valence-corrected chi connectivity index (χ0v) is 15.1. The zero-order chi connectivity index (χ0) is 18.8. The number of benzene rings is 2. The van der Waals surface area contributed by atoms with Crippen LogP contribution in [0.2, 0.25) is 0 Å². The minimum atomic E-state index is -0.238. The van der Waals surface area contributed by atoms with Gasteiger partial charge in [-0.05, 0) is 48.9 Å². The average Bonchev–Trinajstić information content (AvgIpc) is 3.17. The van der Waals surface area contributed by atoms with Gasteiger partial charge in [-0.2, -0.15) is 0 Å². The first-order chi connectivity index (χ1) is 13.1. The second-order valence-electron chi connectivity index (χ2n) is 6.59. The fourth-order valence-corrected chi connectivity index (χ4v) is 3.22. The smallest absolute Gasteiger partial charge is 0.255 e. The highest BCUT2D eigenvalue weighted by atomic mass is 16.7. The van der Waals surface area contributed by atoms with Gasteiger partial charge in [0.15, 0.2) is 11.5 Å². The third-order valence-corrected chi connectivity index (χ3v) is 4.76. The van der Waals surface area contributed by atoms with Crippen molar-refractivity contribution >= 4 is 17.5 Å². The lowest BCUT2D eigenvalue weighted by molar-refractivity contribution is 0.0735.